The molecule has 0 heterocycles. The second-order valence-electron chi connectivity index (χ2n) is 7.24. The average Bonchev–Trinajstić information content (AvgIpc) is 3.09. The minimum absolute atomic E-state index is 0.0246. The van der Waals surface area contributed by atoms with Crippen molar-refractivity contribution in [1.82, 2.24) is 5.48 Å². The van der Waals surface area contributed by atoms with Gasteiger partial charge in [0.25, 0.3) is 4.52 Å². The summed E-state index contributed by atoms with van der Waals surface area (Å²) in [6.45, 7) is 8.42. The topological polar surface area (TPSA) is 47.6 Å². The highest BCUT2D eigenvalue weighted by Crippen LogP contribution is 2.59. The van der Waals surface area contributed by atoms with Crippen LogP contribution in [0.1, 0.15) is 33.3 Å². The lowest BCUT2D eigenvalue weighted by Gasteiger charge is -2.22. The summed E-state index contributed by atoms with van der Waals surface area (Å²) in [7, 11) is 0. The number of hydrogen-bond donors (Lipinski definition) is 1. The number of halogens is 5. The van der Waals surface area contributed by atoms with Crippen LogP contribution in [0.25, 0.3) is 0 Å². The van der Waals surface area contributed by atoms with Crippen LogP contribution < -0.4 is 5.48 Å². The van der Waals surface area contributed by atoms with Gasteiger partial charge in [-0.15, -0.1) is 0 Å². The van der Waals surface area contributed by atoms with Crippen LogP contribution >= 0.6 is 58.0 Å². The largest absolute Gasteiger partial charge is 0.424 e. The number of ether oxygens (including phenoxy) is 1. The van der Waals surface area contributed by atoms with Gasteiger partial charge in [0.2, 0.25) is 0 Å². The number of carbonyl (C=O) groups excluding carboxylic acids is 1. The average molecular weight is 476 g/mol. The normalized spacial score (nSPS) is 20.1. The van der Waals surface area contributed by atoms with E-state index < -0.39 is 21.8 Å². The molecular formula is C18H20Cl5NO3. The molecule has 0 bridgehead atoms. The Morgan fingerprint density at radius 2 is 1.89 bits per heavy atom. The molecule has 1 fully saturated rings. The molecule has 0 spiro atoms. The highest BCUT2D eigenvalue weighted by Gasteiger charge is 2.59. The Morgan fingerprint density at radius 3 is 2.48 bits per heavy atom. The zero-order chi connectivity index (χ0) is 20.6. The summed E-state index contributed by atoms with van der Waals surface area (Å²) in [6, 6.07) is 2.93. The van der Waals surface area contributed by atoms with Crippen LogP contribution in [0.4, 0.5) is 0 Å². The fourth-order valence-electron chi connectivity index (χ4n) is 2.58. The van der Waals surface area contributed by atoms with Crippen molar-refractivity contribution in [1.29, 1.82) is 0 Å². The summed E-state index contributed by atoms with van der Waals surface area (Å²) < 4.78 is 3.32. The molecule has 0 unspecified atom stereocenters. The quantitative estimate of drug-likeness (QED) is 0.161. The summed E-state index contributed by atoms with van der Waals surface area (Å²) in [5.41, 5.74) is 3.30. The lowest BCUT2D eigenvalue weighted by molar-refractivity contribution is -0.150. The van der Waals surface area contributed by atoms with Crippen molar-refractivity contribution in [3.05, 3.63) is 44.5 Å². The maximum absolute atomic E-state index is 12.6. The van der Waals surface area contributed by atoms with Crippen molar-refractivity contribution in [2.75, 3.05) is 6.61 Å². The van der Waals surface area contributed by atoms with Gasteiger partial charge in [-0.25, -0.2) is 0 Å². The van der Waals surface area contributed by atoms with Crippen LogP contribution in [0.3, 0.4) is 0 Å². The minimum Gasteiger partial charge on any atom is -0.424 e. The molecule has 1 aromatic rings. The van der Waals surface area contributed by atoms with Crippen LogP contribution in [0, 0.1) is 17.3 Å². The van der Waals surface area contributed by atoms with Crippen molar-refractivity contribution in [2.45, 2.75) is 32.2 Å². The first-order valence-corrected chi connectivity index (χ1v) is 10.1. The van der Waals surface area contributed by atoms with Crippen LogP contribution in [0.5, 0.6) is 0 Å². The third kappa shape index (κ3) is 5.17. The smallest absolute Gasteiger partial charge is 0.316 e. The Balaban J connectivity index is 2.10. The maximum Gasteiger partial charge on any atom is 0.316 e. The number of carbonyl (C=O) groups is 1. The molecule has 4 nitrogen and oxygen atoms in total. The first-order chi connectivity index (χ1) is 12.4. The molecule has 1 aromatic carbocycles. The number of hydrogen-bond acceptors (Lipinski definition) is 4. The Hall–Kier alpha value is -0.360. The van der Waals surface area contributed by atoms with E-state index in [4.69, 9.17) is 67.6 Å². The van der Waals surface area contributed by atoms with E-state index in [1.165, 1.54) is 12.1 Å². The molecular weight excluding hydrogens is 455 g/mol. The van der Waals surface area contributed by atoms with Crippen LogP contribution in [-0.4, -0.2) is 12.6 Å². The van der Waals surface area contributed by atoms with Crippen LogP contribution in [0.2, 0.25) is 15.1 Å². The fourth-order valence-corrected chi connectivity index (χ4v) is 3.81. The zero-order valence-electron chi connectivity index (χ0n) is 15.2. The van der Waals surface area contributed by atoms with Gasteiger partial charge in [0.05, 0.1) is 27.6 Å². The first-order valence-electron chi connectivity index (χ1n) is 8.22. The highest BCUT2D eigenvalue weighted by molar-refractivity contribution is 6.51. The molecule has 0 amide bonds. The van der Waals surface area contributed by atoms with E-state index in [0.717, 1.165) is 5.57 Å². The van der Waals surface area contributed by atoms with Gasteiger partial charge in [0, 0.05) is 17.2 Å². The third-order valence-electron chi connectivity index (χ3n) is 4.22. The number of hydroxylamine groups is 1. The van der Waals surface area contributed by atoms with Gasteiger partial charge in [0.1, 0.15) is 0 Å². The number of esters is 1. The van der Waals surface area contributed by atoms with Crippen molar-refractivity contribution < 1.29 is 14.4 Å². The van der Waals surface area contributed by atoms with E-state index in [1.54, 1.807) is 6.20 Å². The van der Waals surface area contributed by atoms with Crippen LogP contribution in [-0.2, 0) is 18.9 Å². The van der Waals surface area contributed by atoms with Gasteiger partial charge in [-0.2, -0.15) is 0 Å². The third-order valence-corrected chi connectivity index (χ3v) is 6.08. The SMILES string of the molecule is CC(C)CONC=C1[C@@H](C(=O)OC(Cl)(Cl)c2ccc(Cl)c(Cl)c2Cl)C1(C)C. The van der Waals surface area contributed by atoms with Gasteiger partial charge in [0.15, 0.2) is 0 Å². The van der Waals surface area contributed by atoms with Crippen molar-refractivity contribution in [2.24, 2.45) is 17.3 Å². The van der Waals surface area contributed by atoms with Gasteiger partial charge in [-0.1, -0.05) is 85.7 Å². The van der Waals surface area contributed by atoms with Crippen molar-refractivity contribution in [3.63, 3.8) is 0 Å². The number of rotatable bonds is 7. The molecule has 150 valence electrons. The zero-order valence-corrected chi connectivity index (χ0v) is 19.0. The second kappa shape index (κ2) is 8.56. The maximum atomic E-state index is 12.6. The highest BCUT2D eigenvalue weighted by atomic mass is 35.5. The molecule has 0 aliphatic heterocycles. The molecule has 0 radical (unpaired) electrons. The molecule has 1 N–H and O–H groups in total. The van der Waals surface area contributed by atoms with Crippen molar-refractivity contribution in [3.8, 4) is 0 Å². The minimum atomic E-state index is -2.01. The molecule has 2 rings (SSSR count). The summed E-state index contributed by atoms with van der Waals surface area (Å²) in [5, 5.41) is 0.342. The van der Waals surface area contributed by atoms with E-state index >= 15 is 0 Å². The lowest BCUT2D eigenvalue weighted by atomic mass is 10.1. The lowest BCUT2D eigenvalue weighted by Crippen LogP contribution is -2.23. The molecule has 1 saturated carbocycles. The van der Waals surface area contributed by atoms with E-state index in [-0.39, 0.29) is 20.6 Å². The van der Waals surface area contributed by atoms with Gasteiger partial charge >= 0.3 is 5.97 Å². The number of nitrogens with one attached hydrogen (secondary N) is 1. The predicted octanol–water partition coefficient (Wildman–Crippen LogP) is 6.50. The van der Waals surface area contributed by atoms with E-state index in [1.807, 2.05) is 27.7 Å². The van der Waals surface area contributed by atoms with Crippen molar-refractivity contribution >= 4 is 64.0 Å². The summed E-state index contributed by atoms with van der Waals surface area (Å²) >= 11 is 30.5. The molecule has 1 atom stereocenters. The van der Waals surface area contributed by atoms with E-state index in [0.29, 0.717) is 12.5 Å². The second-order valence-corrected chi connectivity index (χ2v) is 9.66. The number of benzene rings is 1. The fraction of sp³-hybridized carbons (Fsp3) is 0.500. The molecule has 27 heavy (non-hydrogen) atoms. The number of alkyl halides is 2. The summed E-state index contributed by atoms with van der Waals surface area (Å²) in [4.78, 5) is 17.9. The standard InChI is InChI=1S/C18H20Cl5NO3/c1-9(2)8-26-24-7-11-13(17(11,3)4)16(25)27-18(22,23)10-5-6-12(19)15(21)14(10)20/h5-7,9,13,24H,8H2,1-4H3/t13-/m0/s1. The van der Waals surface area contributed by atoms with E-state index in [2.05, 4.69) is 5.48 Å². The van der Waals surface area contributed by atoms with Gasteiger partial charge < -0.3 is 4.74 Å². The Bertz CT molecular complexity index is 762. The molecule has 9 heteroatoms. The molecule has 1 aliphatic carbocycles. The van der Waals surface area contributed by atoms with Gasteiger partial charge in [-0.05, 0) is 23.6 Å². The summed E-state index contributed by atoms with van der Waals surface area (Å²) in [6.07, 6.45) is 1.66. The van der Waals surface area contributed by atoms with Gasteiger partial charge in [-0.3, -0.25) is 15.1 Å². The van der Waals surface area contributed by atoms with Crippen LogP contribution in [0.15, 0.2) is 23.9 Å². The Morgan fingerprint density at radius 1 is 1.26 bits per heavy atom. The first kappa shape index (κ1) is 22.9. The summed E-state index contributed by atoms with van der Waals surface area (Å²) in [5.74, 6) is -0.706. The molecule has 0 aromatic heterocycles. The Kier molecular flexibility index (Phi) is 7.27. The molecule has 0 saturated heterocycles. The molecule has 1 aliphatic rings. The van der Waals surface area contributed by atoms with E-state index in [9.17, 15) is 4.79 Å². The Labute approximate surface area is 184 Å². The monoisotopic (exact) mass is 473 g/mol. The predicted molar refractivity (Wildman–Crippen MR) is 110 cm³/mol.